The quantitative estimate of drug-likeness (QED) is 0.753. The Morgan fingerprint density at radius 2 is 1.95 bits per heavy atom. The van der Waals surface area contributed by atoms with Gasteiger partial charge in [0.15, 0.2) is 5.76 Å². The molecule has 0 spiro atoms. The van der Waals surface area contributed by atoms with E-state index in [0.29, 0.717) is 18.2 Å². The van der Waals surface area contributed by atoms with Gasteiger partial charge in [0.25, 0.3) is 5.89 Å². The van der Waals surface area contributed by atoms with E-state index in [1.54, 1.807) is 25.7 Å². The number of hydrogen-bond acceptors (Lipinski definition) is 5. The van der Waals surface area contributed by atoms with Crippen LogP contribution in [0.15, 0.2) is 57.8 Å². The lowest BCUT2D eigenvalue weighted by molar-refractivity contribution is 0.414. The van der Waals surface area contributed by atoms with E-state index in [1.165, 1.54) is 5.56 Å². The Morgan fingerprint density at radius 1 is 1.10 bits per heavy atom. The van der Waals surface area contributed by atoms with Crippen molar-refractivity contribution < 1.29 is 13.6 Å². The van der Waals surface area contributed by atoms with Crippen LogP contribution < -0.4 is 10.1 Å². The average Bonchev–Trinajstić information content (AvgIpc) is 3.19. The molecule has 0 fully saturated rings. The maximum atomic E-state index is 5.38. The van der Waals surface area contributed by atoms with Gasteiger partial charge in [-0.05, 0) is 29.8 Å². The molecule has 21 heavy (non-hydrogen) atoms. The second kappa shape index (κ2) is 6.28. The van der Waals surface area contributed by atoms with Crippen molar-refractivity contribution in [3.8, 4) is 17.4 Å². The van der Waals surface area contributed by atoms with Gasteiger partial charge in [0.05, 0.1) is 19.1 Å². The number of methoxy groups -OCH3 is 1. The highest BCUT2D eigenvalue weighted by Gasteiger charge is 2.08. The van der Waals surface area contributed by atoms with Crippen molar-refractivity contribution in [2.24, 2.45) is 0 Å². The molecule has 1 N–H and O–H groups in total. The zero-order chi connectivity index (χ0) is 14.5. The van der Waals surface area contributed by atoms with E-state index >= 15 is 0 Å². The molecule has 0 saturated carbocycles. The van der Waals surface area contributed by atoms with Crippen LogP contribution in [0.4, 0.5) is 0 Å². The van der Waals surface area contributed by atoms with Gasteiger partial charge in [-0.3, -0.25) is 0 Å². The van der Waals surface area contributed by atoms with Gasteiger partial charge in [0.1, 0.15) is 12.0 Å². The summed E-state index contributed by atoms with van der Waals surface area (Å²) in [5.41, 5.74) is 2.03. The predicted octanol–water partition coefficient (Wildman–Crippen LogP) is 3.23. The molecule has 1 aromatic carbocycles. The minimum atomic E-state index is 0.501. The van der Waals surface area contributed by atoms with Crippen LogP contribution in [0.5, 0.6) is 5.75 Å². The molecule has 0 aliphatic rings. The summed E-state index contributed by atoms with van der Waals surface area (Å²) in [6.45, 7) is 1.39. The summed E-state index contributed by atoms with van der Waals surface area (Å²) in [4.78, 5) is 4.37. The van der Waals surface area contributed by atoms with Gasteiger partial charge in [-0.2, -0.15) is 0 Å². The van der Waals surface area contributed by atoms with E-state index in [4.69, 9.17) is 13.6 Å². The molecule has 0 saturated heterocycles. The second-order valence-corrected chi connectivity index (χ2v) is 4.57. The Hall–Kier alpha value is -2.53. The number of nitrogens with zero attached hydrogens (tertiary/aromatic N) is 1. The number of benzene rings is 1. The summed E-state index contributed by atoms with van der Waals surface area (Å²) in [7, 11) is 1.66. The van der Waals surface area contributed by atoms with Gasteiger partial charge in [0.2, 0.25) is 0 Å². The van der Waals surface area contributed by atoms with E-state index in [9.17, 15) is 0 Å². The Balaban J connectivity index is 1.53. The van der Waals surface area contributed by atoms with E-state index in [-0.39, 0.29) is 0 Å². The molecule has 0 amide bonds. The van der Waals surface area contributed by atoms with Crippen molar-refractivity contribution >= 4 is 0 Å². The molecular formula is C16H16N2O3. The first-order valence-corrected chi connectivity index (χ1v) is 6.67. The number of furan rings is 1. The molecule has 0 unspecified atom stereocenters. The first kappa shape index (κ1) is 13.5. The summed E-state index contributed by atoms with van der Waals surface area (Å²) >= 11 is 0. The Kier molecular flexibility index (Phi) is 4.02. The van der Waals surface area contributed by atoms with Crippen molar-refractivity contribution in [2.45, 2.75) is 13.1 Å². The first-order chi connectivity index (χ1) is 10.3. The van der Waals surface area contributed by atoms with E-state index in [2.05, 4.69) is 10.3 Å². The lowest BCUT2D eigenvalue weighted by Crippen LogP contribution is -2.12. The largest absolute Gasteiger partial charge is 0.497 e. The molecule has 3 rings (SSSR count). The van der Waals surface area contributed by atoms with Crippen molar-refractivity contribution in [2.75, 3.05) is 7.11 Å². The maximum Gasteiger partial charge on any atom is 0.263 e. The maximum absolute atomic E-state index is 5.38. The van der Waals surface area contributed by atoms with E-state index in [0.717, 1.165) is 18.0 Å². The third-order valence-electron chi connectivity index (χ3n) is 3.08. The smallest absolute Gasteiger partial charge is 0.263 e. The zero-order valence-corrected chi connectivity index (χ0v) is 11.7. The SMILES string of the molecule is COc1ccc(CNCc2coc(-c3ccco3)n2)cc1. The number of nitrogens with one attached hydrogen (secondary N) is 1. The highest BCUT2D eigenvalue weighted by molar-refractivity contribution is 5.43. The molecule has 0 atom stereocenters. The van der Waals surface area contributed by atoms with Crippen LogP contribution >= 0.6 is 0 Å². The second-order valence-electron chi connectivity index (χ2n) is 4.57. The Morgan fingerprint density at radius 3 is 2.67 bits per heavy atom. The van der Waals surface area contributed by atoms with Crippen LogP contribution in [0.3, 0.4) is 0 Å². The molecule has 0 aliphatic heterocycles. The van der Waals surface area contributed by atoms with Gasteiger partial charge in [-0.15, -0.1) is 0 Å². The molecule has 2 heterocycles. The molecule has 0 bridgehead atoms. The number of aromatic nitrogens is 1. The molecule has 3 aromatic rings. The monoisotopic (exact) mass is 284 g/mol. The number of rotatable bonds is 6. The predicted molar refractivity (Wildman–Crippen MR) is 77.7 cm³/mol. The minimum Gasteiger partial charge on any atom is -0.497 e. The molecular weight excluding hydrogens is 268 g/mol. The van der Waals surface area contributed by atoms with Gasteiger partial charge in [0, 0.05) is 13.1 Å². The van der Waals surface area contributed by atoms with Crippen LogP contribution in [-0.2, 0) is 13.1 Å². The fourth-order valence-electron chi connectivity index (χ4n) is 1.98. The van der Waals surface area contributed by atoms with Gasteiger partial charge in [-0.1, -0.05) is 12.1 Å². The summed E-state index contributed by atoms with van der Waals surface area (Å²) in [6.07, 6.45) is 3.24. The van der Waals surface area contributed by atoms with Crippen molar-refractivity contribution in [1.82, 2.24) is 10.3 Å². The molecule has 5 heteroatoms. The van der Waals surface area contributed by atoms with Gasteiger partial charge < -0.3 is 18.9 Å². The highest BCUT2D eigenvalue weighted by Crippen LogP contribution is 2.18. The Bertz CT molecular complexity index is 672. The third-order valence-corrected chi connectivity index (χ3v) is 3.08. The van der Waals surface area contributed by atoms with Crippen LogP contribution in [-0.4, -0.2) is 12.1 Å². The number of oxazole rings is 1. The number of ether oxygens (including phenoxy) is 1. The molecule has 0 radical (unpaired) electrons. The summed E-state index contributed by atoms with van der Waals surface area (Å²) in [5, 5.41) is 3.32. The minimum absolute atomic E-state index is 0.501. The standard InChI is InChI=1S/C16H16N2O3/c1-19-14-6-4-12(5-7-14)9-17-10-13-11-21-16(18-13)15-3-2-8-20-15/h2-8,11,17H,9-10H2,1H3. The fourth-order valence-corrected chi connectivity index (χ4v) is 1.98. The lowest BCUT2D eigenvalue weighted by atomic mass is 10.2. The van der Waals surface area contributed by atoms with Crippen molar-refractivity contribution in [1.29, 1.82) is 0 Å². The van der Waals surface area contributed by atoms with Crippen LogP contribution in [0.1, 0.15) is 11.3 Å². The highest BCUT2D eigenvalue weighted by atomic mass is 16.5. The van der Waals surface area contributed by atoms with Crippen molar-refractivity contribution in [3.63, 3.8) is 0 Å². The van der Waals surface area contributed by atoms with E-state index < -0.39 is 0 Å². The third kappa shape index (κ3) is 3.32. The van der Waals surface area contributed by atoms with E-state index in [1.807, 2.05) is 30.3 Å². The number of hydrogen-bond donors (Lipinski definition) is 1. The fraction of sp³-hybridized carbons (Fsp3) is 0.188. The van der Waals surface area contributed by atoms with Crippen molar-refractivity contribution in [3.05, 3.63) is 60.2 Å². The summed E-state index contributed by atoms with van der Waals surface area (Å²) in [5.74, 6) is 2.00. The average molecular weight is 284 g/mol. The normalized spacial score (nSPS) is 10.7. The molecule has 2 aromatic heterocycles. The molecule has 108 valence electrons. The van der Waals surface area contributed by atoms with Crippen LogP contribution in [0, 0.1) is 0 Å². The topological polar surface area (TPSA) is 60.4 Å². The molecule has 0 aliphatic carbocycles. The Labute approximate surface area is 122 Å². The summed E-state index contributed by atoms with van der Waals surface area (Å²) in [6, 6.07) is 11.6. The van der Waals surface area contributed by atoms with Crippen LogP contribution in [0.2, 0.25) is 0 Å². The zero-order valence-electron chi connectivity index (χ0n) is 11.7. The molecule has 5 nitrogen and oxygen atoms in total. The van der Waals surface area contributed by atoms with Crippen LogP contribution in [0.25, 0.3) is 11.7 Å². The van der Waals surface area contributed by atoms with Gasteiger partial charge in [-0.25, -0.2) is 4.98 Å². The first-order valence-electron chi connectivity index (χ1n) is 6.67. The lowest BCUT2D eigenvalue weighted by Gasteiger charge is -2.04. The summed E-state index contributed by atoms with van der Waals surface area (Å²) < 4.78 is 15.8. The van der Waals surface area contributed by atoms with Gasteiger partial charge >= 0.3 is 0 Å².